The van der Waals surface area contributed by atoms with Crippen LogP contribution in [-0.4, -0.2) is 25.5 Å². The van der Waals surface area contributed by atoms with Crippen molar-refractivity contribution in [2.45, 2.75) is 6.54 Å². The predicted octanol–water partition coefficient (Wildman–Crippen LogP) is 0.409. The second kappa shape index (κ2) is 4.65. The molecule has 0 atom stereocenters. The summed E-state index contributed by atoms with van der Waals surface area (Å²) in [7, 11) is 0. The Morgan fingerprint density at radius 2 is 2.42 bits per heavy atom. The van der Waals surface area contributed by atoms with Crippen LogP contribution in [0.5, 0.6) is 0 Å². The zero-order valence-electron chi connectivity index (χ0n) is 9.66. The molecular weight excluding hydrogens is 266 g/mol. The third-order valence-corrected chi connectivity index (χ3v) is 3.36. The van der Waals surface area contributed by atoms with Gasteiger partial charge in [-0.1, -0.05) is 0 Å². The molecule has 96 valence electrons. The van der Waals surface area contributed by atoms with Gasteiger partial charge in [0.15, 0.2) is 4.96 Å². The standard InChI is InChI=1S/C11H9N5O2S/c17-9(12-5-7-1-2-14-15-7)8-6-13-11-16(10(8)18)3-4-19-11/h1-4,6H,5H2,(H,12,17)(H,14,15). The van der Waals surface area contributed by atoms with Gasteiger partial charge in [0.25, 0.3) is 11.5 Å². The third-order valence-electron chi connectivity index (χ3n) is 2.59. The van der Waals surface area contributed by atoms with E-state index in [1.54, 1.807) is 23.8 Å². The van der Waals surface area contributed by atoms with E-state index < -0.39 is 5.91 Å². The number of carbonyl (C=O) groups is 1. The van der Waals surface area contributed by atoms with Gasteiger partial charge in [-0.25, -0.2) is 4.98 Å². The average molecular weight is 275 g/mol. The van der Waals surface area contributed by atoms with Gasteiger partial charge in [-0.2, -0.15) is 5.10 Å². The minimum Gasteiger partial charge on any atom is -0.346 e. The number of amides is 1. The molecule has 0 aromatic carbocycles. The van der Waals surface area contributed by atoms with E-state index in [1.165, 1.54) is 21.9 Å². The Labute approximate surface area is 110 Å². The molecule has 0 saturated carbocycles. The van der Waals surface area contributed by atoms with E-state index in [9.17, 15) is 9.59 Å². The van der Waals surface area contributed by atoms with Crippen LogP contribution in [0, 0.1) is 0 Å². The second-order valence-electron chi connectivity index (χ2n) is 3.80. The van der Waals surface area contributed by atoms with Crippen molar-refractivity contribution >= 4 is 22.2 Å². The molecule has 3 rings (SSSR count). The highest BCUT2D eigenvalue weighted by Crippen LogP contribution is 2.05. The Kier molecular flexibility index (Phi) is 2.84. The second-order valence-corrected chi connectivity index (χ2v) is 4.67. The molecule has 0 saturated heterocycles. The molecule has 0 bridgehead atoms. The number of thiazole rings is 1. The summed E-state index contributed by atoms with van der Waals surface area (Å²) in [5, 5.41) is 10.9. The highest BCUT2D eigenvalue weighted by Gasteiger charge is 2.13. The van der Waals surface area contributed by atoms with Crippen molar-refractivity contribution in [1.82, 2.24) is 24.9 Å². The topological polar surface area (TPSA) is 92.2 Å². The van der Waals surface area contributed by atoms with Gasteiger partial charge < -0.3 is 5.32 Å². The maximum Gasteiger partial charge on any atom is 0.271 e. The lowest BCUT2D eigenvalue weighted by molar-refractivity contribution is 0.0948. The van der Waals surface area contributed by atoms with Crippen LogP contribution in [0.15, 0.2) is 34.8 Å². The lowest BCUT2D eigenvalue weighted by atomic mass is 10.3. The number of hydrogen-bond acceptors (Lipinski definition) is 5. The van der Waals surface area contributed by atoms with Gasteiger partial charge in [0.1, 0.15) is 5.56 Å². The maximum absolute atomic E-state index is 12.0. The molecule has 2 N–H and O–H groups in total. The summed E-state index contributed by atoms with van der Waals surface area (Å²) in [6.45, 7) is 0.282. The normalized spacial score (nSPS) is 10.7. The van der Waals surface area contributed by atoms with Gasteiger partial charge in [0.05, 0.1) is 12.2 Å². The molecule has 19 heavy (non-hydrogen) atoms. The highest BCUT2D eigenvalue weighted by atomic mass is 32.1. The van der Waals surface area contributed by atoms with E-state index in [2.05, 4.69) is 20.5 Å². The first-order chi connectivity index (χ1) is 9.25. The number of aromatic amines is 1. The van der Waals surface area contributed by atoms with E-state index in [-0.39, 0.29) is 17.7 Å². The Bertz CT molecular complexity index is 774. The summed E-state index contributed by atoms with van der Waals surface area (Å²) in [5.41, 5.74) is 0.418. The van der Waals surface area contributed by atoms with Gasteiger partial charge in [-0.3, -0.25) is 19.1 Å². The molecule has 0 spiro atoms. The molecule has 0 unspecified atom stereocenters. The molecular formula is C11H9N5O2S. The van der Waals surface area contributed by atoms with Gasteiger partial charge in [-0.05, 0) is 6.07 Å². The quantitative estimate of drug-likeness (QED) is 0.724. The monoisotopic (exact) mass is 275 g/mol. The van der Waals surface area contributed by atoms with E-state index in [1.807, 2.05) is 0 Å². The minimum absolute atomic E-state index is 0.0235. The third kappa shape index (κ3) is 2.13. The van der Waals surface area contributed by atoms with Crippen molar-refractivity contribution in [3.8, 4) is 0 Å². The largest absolute Gasteiger partial charge is 0.346 e. The lowest BCUT2D eigenvalue weighted by Crippen LogP contribution is -2.30. The number of aromatic nitrogens is 4. The molecule has 7 nitrogen and oxygen atoms in total. The smallest absolute Gasteiger partial charge is 0.271 e. The van der Waals surface area contributed by atoms with Gasteiger partial charge in [0.2, 0.25) is 0 Å². The number of fused-ring (bicyclic) bond motifs is 1. The average Bonchev–Trinajstić information content (AvgIpc) is 3.07. The van der Waals surface area contributed by atoms with Crippen molar-refractivity contribution in [2.24, 2.45) is 0 Å². The van der Waals surface area contributed by atoms with Crippen molar-refractivity contribution in [3.63, 3.8) is 0 Å². The van der Waals surface area contributed by atoms with Gasteiger partial charge in [-0.15, -0.1) is 11.3 Å². The molecule has 0 fully saturated rings. The maximum atomic E-state index is 12.0. The molecule has 3 heterocycles. The zero-order valence-corrected chi connectivity index (χ0v) is 10.5. The molecule has 3 aromatic heterocycles. The van der Waals surface area contributed by atoms with Crippen LogP contribution in [0.1, 0.15) is 16.1 Å². The lowest BCUT2D eigenvalue weighted by Gasteiger charge is -2.03. The van der Waals surface area contributed by atoms with Crippen LogP contribution >= 0.6 is 11.3 Å². The number of carbonyl (C=O) groups excluding carboxylic acids is 1. The number of rotatable bonds is 3. The van der Waals surface area contributed by atoms with Crippen molar-refractivity contribution in [2.75, 3.05) is 0 Å². The Balaban J connectivity index is 1.85. The van der Waals surface area contributed by atoms with Crippen LogP contribution in [0.3, 0.4) is 0 Å². The summed E-state index contributed by atoms with van der Waals surface area (Å²) in [6.07, 6.45) is 4.49. The zero-order chi connectivity index (χ0) is 13.2. The molecule has 0 aliphatic carbocycles. The first-order valence-corrected chi connectivity index (χ1v) is 6.35. The first-order valence-electron chi connectivity index (χ1n) is 5.47. The number of H-pyrrole nitrogens is 1. The molecule has 8 heteroatoms. The van der Waals surface area contributed by atoms with Crippen molar-refractivity contribution < 1.29 is 4.79 Å². The highest BCUT2D eigenvalue weighted by molar-refractivity contribution is 7.15. The fourth-order valence-electron chi connectivity index (χ4n) is 1.63. The Morgan fingerprint density at radius 1 is 1.53 bits per heavy atom. The summed E-state index contributed by atoms with van der Waals surface area (Å²) in [4.78, 5) is 28.6. The molecule has 0 aliphatic rings. The van der Waals surface area contributed by atoms with Crippen LogP contribution in [0.4, 0.5) is 0 Å². The molecule has 3 aromatic rings. The van der Waals surface area contributed by atoms with Gasteiger partial charge in [0, 0.05) is 24.0 Å². The number of nitrogens with one attached hydrogen (secondary N) is 2. The van der Waals surface area contributed by atoms with Crippen LogP contribution < -0.4 is 10.9 Å². The van der Waals surface area contributed by atoms with E-state index in [0.717, 1.165) is 5.69 Å². The van der Waals surface area contributed by atoms with Crippen LogP contribution in [-0.2, 0) is 6.54 Å². The minimum atomic E-state index is -0.451. The van der Waals surface area contributed by atoms with Gasteiger partial charge >= 0.3 is 0 Å². The first kappa shape index (κ1) is 11.6. The molecule has 0 radical (unpaired) electrons. The molecule has 1 amide bonds. The van der Waals surface area contributed by atoms with E-state index in [0.29, 0.717) is 4.96 Å². The fourth-order valence-corrected chi connectivity index (χ4v) is 2.31. The number of nitrogens with zero attached hydrogens (tertiary/aromatic N) is 3. The van der Waals surface area contributed by atoms with Crippen LogP contribution in [0.25, 0.3) is 4.96 Å². The SMILES string of the molecule is O=C(NCc1ccn[nH]1)c1cnc2sccn2c1=O. The van der Waals surface area contributed by atoms with E-state index in [4.69, 9.17) is 0 Å². The summed E-state index contributed by atoms with van der Waals surface area (Å²) >= 11 is 1.34. The summed E-state index contributed by atoms with van der Waals surface area (Å²) in [5.74, 6) is -0.451. The Hall–Kier alpha value is -2.48. The molecule has 0 aliphatic heterocycles. The van der Waals surface area contributed by atoms with Crippen LogP contribution in [0.2, 0.25) is 0 Å². The summed E-state index contributed by atoms with van der Waals surface area (Å²) in [6, 6.07) is 1.74. The fraction of sp³-hybridized carbons (Fsp3) is 0.0909. The predicted molar refractivity (Wildman–Crippen MR) is 69.1 cm³/mol. The van der Waals surface area contributed by atoms with E-state index >= 15 is 0 Å². The van der Waals surface area contributed by atoms with Crippen molar-refractivity contribution in [1.29, 1.82) is 0 Å². The van der Waals surface area contributed by atoms with Crippen molar-refractivity contribution in [3.05, 3.63) is 51.6 Å². The number of hydrogen-bond donors (Lipinski definition) is 2. The Morgan fingerprint density at radius 3 is 3.21 bits per heavy atom. The summed E-state index contributed by atoms with van der Waals surface area (Å²) < 4.78 is 1.36.